The van der Waals surface area contributed by atoms with E-state index in [0.717, 1.165) is 12.8 Å². The van der Waals surface area contributed by atoms with Crippen LogP contribution in [0.5, 0.6) is 0 Å². The molecule has 1 aliphatic heterocycles. The van der Waals surface area contributed by atoms with E-state index in [9.17, 15) is 27.9 Å². The Morgan fingerprint density at radius 1 is 1.28 bits per heavy atom. The molecule has 3 heterocycles. The Morgan fingerprint density at radius 2 is 2.00 bits per heavy atom. The van der Waals surface area contributed by atoms with E-state index < -0.39 is 35.4 Å². The average molecular weight is 452 g/mol. The largest absolute Gasteiger partial charge is 0.389 e. The summed E-state index contributed by atoms with van der Waals surface area (Å²) >= 11 is 0. The zero-order valence-electron chi connectivity index (χ0n) is 17.9. The van der Waals surface area contributed by atoms with Crippen molar-refractivity contribution < 1.29 is 23.1 Å². The average Bonchev–Trinajstić information content (AvgIpc) is 3.21. The predicted molar refractivity (Wildman–Crippen MR) is 111 cm³/mol. The van der Waals surface area contributed by atoms with Crippen LogP contribution in [0.15, 0.2) is 29.6 Å². The summed E-state index contributed by atoms with van der Waals surface area (Å²) in [6.07, 6.45) is 2.09. The van der Waals surface area contributed by atoms with Crippen LogP contribution in [0.25, 0.3) is 10.9 Å². The van der Waals surface area contributed by atoms with Crippen LogP contribution in [-0.4, -0.2) is 55.3 Å². The number of likely N-dealkylation sites (tertiary alicyclic amines) is 1. The van der Waals surface area contributed by atoms with Crippen molar-refractivity contribution in [3.63, 3.8) is 0 Å². The van der Waals surface area contributed by atoms with Crippen molar-refractivity contribution in [2.24, 2.45) is 11.3 Å². The number of aliphatic hydroxyl groups is 1. The van der Waals surface area contributed by atoms with Crippen LogP contribution in [0, 0.1) is 11.3 Å². The van der Waals surface area contributed by atoms with Crippen LogP contribution in [0.3, 0.4) is 0 Å². The first-order valence-corrected chi connectivity index (χ1v) is 10.9. The molecule has 2 fully saturated rings. The van der Waals surface area contributed by atoms with Crippen molar-refractivity contribution in [1.29, 1.82) is 0 Å². The lowest BCUT2D eigenvalue weighted by atomic mass is 9.65. The van der Waals surface area contributed by atoms with Gasteiger partial charge in [0, 0.05) is 36.8 Å². The predicted octanol–water partition coefficient (Wildman–Crippen LogP) is 2.90. The summed E-state index contributed by atoms with van der Waals surface area (Å²) in [7, 11) is 0. The number of nitrogens with zero attached hydrogens (tertiary/aromatic N) is 4. The maximum absolute atomic E-state index is 12.9. The third kappa shape index (κ3) is 4.12. The second kappa shape index (κ2) is 8.13. The van der Waals surface area contributed by atoms with Crippen LogP contribution in [0.4, 0.5) is 13.2 Å². The van der Waals surface area contributed by atoms with E-state index in [1.165, 1.54) is 28.9 Å². The highest BCUT2D eigenvalue weighted by Crippen LogP contribution is 2.51. The summed E-state index contributed by atoms with van der Waals surface area (Å²) in [6, 6.07) is 1.70. The van der Waals surface area contributed by atoms with Crippen molar-refractivity contribution in [3.05, 3.63) is 35.1 Å². The van der Waals surface area contributed by atoms with Crippen LogP contribution >= 0.6 is 0 Å². The number of alkyl halides is 3. The van der Waals surface area contributed by atoms with Gasteiger partial charge in [-0.2, -0.15) is 13.2 Å². The summed E-state index contributed by atoms with van der Waals surface area (Å²) in [6.45, 7) is 1.71. The SMILES string of the molecule is CC(CC(F)(F)F)C(=O)N1CCC(O)(Cn2ccc3ncncc3c2=O)C2(CCCC2)C1. The fraction of sp³-hybridized carbons (Fsp3) is 0.636. The van der Waals surface area contributed by atoms with Gasteiger partial charge in [-0.3, -0.25) is 9.59 Å². The minimum Gasteiger partial charge on any atom is -0.387 e. The van der Waals surface area contributed by atoms with Crippen molar-refractivity contribution in [3.8, 4) is 0 Å². The number of hydrogen-bond donors (Lipinski definition) is 1. The highest BCUT2D eigenvalue weighted by atomic mass is 19.4. The second-order valence-corrected chi connectivity index (χ2v) is 9.32. The number of halogens is 3. The first kappa shape index (κ1) is 22.7. The molecule has 7 nitrogen and oxygen atoms in total. The van der Waals surface area contributed by atoms with Gasteiger partial charge in [0.2, 0.25) is 5.91 Å². The monoisotopic (exact) mass is 452 g/mol. The van der Waals surface area contributed by atoms with Gasteiger partial charge in [-0.15, -0.1) is 0 Å². The molecule has 2 unspecified atom stereocenters. The first-order chi connectivity index (χ1) is 15.0. The minimum atomic E-state index is -4.41. The molecule has 0 bridgehead atoms. The van der Waals surface area contributed by atoms with Gasteiger partial charge in [0.05, 0.1) is 29.5 Å². The molecule has 1 aliphatic carbocycles. The number of rotatable bonds is 4. The molecule has 2 aromatic heterocycles. The number of carbonyl (C=O) groups excluding carboxylic acids is 1. The lowest BCUT2D eigenvalue weighted by Crippen LogP contribution is -2.62. The molecule has 32 heavy (non-hydrogen) atoms. The molecule has 0 aromatic carbocycles. The first-order valence-electron chi connectivity index (χ1n) is 10.9. The van der Waals surface area contributed by atoms with Gasteiger partial charge in [-0.25, -0.2) is 9.97 Å². The molecule has 0 radical (unpaired) electrons. The van der Waals surface area contributed by atoms with Gasteiger partial charge >= 0.3 is 6.18 Å². The van der Waals surface area contributed by atoms with Gasteiger partial charge in [-0.05, 0) is 25.3 Å². The summed E-state index contributed by atoms with van der Waals surface area (Å²) < 4.78 is 39.8. The summed E-state index contributed by atoms with van der Waals surface area (Å²) in [5, 5.41) is 12.1. The third-order valence-corrected chi connectivity index (χ3v) is 7.19. The van der Waals surface area contributed by atoms with Crippen LogP contribution in [-0.2, 0) is 11.3 Å². The molecule has 2 aromatic rings. The van der Waals surface area contributed by atoms with Gasteiger partial charge in [0.1, 0.15) is 6.33 Å². The summed E-state index contributed by atoms with van der Waals surface area (Å²) in [4.78, 5) is 35.2. The number of amides is 1. The summed E-state index contributed by atoms with van der Waals surface area (Å²) in [5.74, 6) is -1.70. The van der Waals surface area contributed by atoms with E-state index in [1.807, 2.05) is 0 Å². The number of piperidine rings is 1. The Balaban J connectivity index is 1.59. The molecule has 174 valence electrons. The molecular formula is C22H27F3N4O3. The molecule has 4 rings (SSSR count). The third-order valence-electron chi connectivity index (χ3n) is 7.19. The Kier molecular flexibility index (Phi) is 5.77. The van der Waals surface area contributed by atoms with Gasteiger partial charge in [-0.1, -0.05) is 19.8 Å². The van der Waals surface area contributed by atoms with Crippen molar-refractivity contribution >= 4 is 16.8 Å². The van der Waals surface area contributed by atoms with E-state index in [1.54, 1.807) is 12.3 Å². The van der Waals surface area contributed by atoms with Crippen molar-refractivity contribution in [1.82, 2.24) is 19.4 Å². The summed E-state index contributed by atoms with van der Waals surface area (Å²) in [5.41, 5.74) is -1.69. The second-order valence-electron chi connectivity index (χ2n) is 9.32. The van der Waals surface area contributed by atoms with Crippen molar-refractivity contribution in [2.75, 3.05) is 13.1 Å². The van der Waals surface area contributed by atoms with E-state index in [2.05, 4.69) is 9.97 Å². The Bertz CT molecular complexity index is 1060. The fourth-order valence-electron chi connectivity index (χ4n) is 5.46. The number of fused-ring (bicyclic) bond motifs is 1. The zero-order valence-corrected chi connectivity index (χ0v) is 17.9. The number of pyridine rings is 1. The Hall–Kier alpha value is -2.49. The molecule has 1 N–H and O–H groups in total. The molecule has 10 heteroatoms. The normalized spacial score (nSPS) is 24.2. The maximum atomic E-state index is 12.9. The number of carbonyl (C=O) groups is 1. The lowest BCUT2D eigenvalue weighted by Gasteiger charge is -2.52. The van der Waals surface area contributed by atoms with Gasteiger partial charge in [0.15, 0.2) is 0 Å². The smallest absolute Gasteiger partial charge is 0.387 e. The van der Waals surface area contributed by atoms with E-state index >= 15 is 0 Å². The standard InChI is InChI=1S/C22H27F3N4O3/c1-15(10-22(23,24)25)18(30)29-9-7-21(32,20(12-29)5-2-3-6-20)13-28-8-4-17-16(19(28)31)11-26-14-27-17/h4,8,11,14-15,32H,2-3,5-7,9-10,12-13H2,1H3. The van der Waals surface area contributed by atoms with Gasteiger partial charge in [0.25, 0.3) is 5.56 Å². The quantitative estimate of drug-likeness (QED) is 0.771. The Labute approximate surface area is 183 Å². The topological polar surface area (TPSA) is 88.3 Å². The highest BCUT2D eigenvalue weighted by Gasteiger charge is 2.56. The molecule has 1 spiro atoms. The number of hydrogen-bond acceptors (Lipinski definition) is 5. The van der Waals surface area contributed by atoms with Crippen LogP contribution < -0.4 is 5.56 Å². The molecule has 2 aliphatic rings. The van der Waals surface area contributed by atoms with Crippen molar-refractivity contribution in [2.45, 2.75) is 63.8 Å². The zero-order chi connectivity index (χ0) is 23.1. The molecule has 1 saturated heterocycles. The van der Waals surface area contributed by atoms with Crippen LogP contribution in [0.1, 0.15) is 45.4 Å². The molecular weight excluding hydrogens is 425 g/mol. The number of aromatic nitrogens is 3. The highest BCUT2D eigenvalue weighted by molar-refractivity contribution is 5.79. The maximum Gasteiger partial charge on any atom is 0.389 e. The van der Waals surface area contributed by atoms with E-state index in [4.69, 9.17) is 0 Å². The minimum absolute atomic E-state index is 0.0524. The Morgan fingerprint density at radius 3 is 2.69 bits per heavy atom. The lowest BCUT2D eigenvalue weighted by molar-refractivity contribution is -0.172. The van der Waals surface area contributed by atoms with E-state index in [0.29, 0.717) is 23.7 Å². The molecule has 1 amide bonds. The van der Waals surface area contributed by atoms with Crippen LogP contribution in [0.2, 0.25) is 0 Å². The molecule has 2 atom stereocenters. The fourth-order valence-corrected chi connectivity index (χ4v) is 5.46. The van der Waals surface area contributed by atoms with E-state index in [-0.39, 0.29) is 31.6 Å². The molecule has 1 saturated carbocycles. The van der Waals surface area contributed by atoms with Gasteiger partial charge < -0.3 is 14.6 Å².